The Kier molecular flexibility index (Phi) is 6.23. The van der Waals surface area contributed by atoms with E-state index < -0.39 is 23.6 Å². The van der Waals surface area contributed by atoms with Crippen LogP contribution in [0.2, 0.25) is 0 Å². The quantitative estimate of drug-likeness (QED) is 0.510. The molecule has 5 rings (SSSR count). The van der Waals surface area contributed by atoms with Crippen molar-refractivity contribution in [2.75, 3.05) is 20.3 Å². The van der Waals surface area contributed by atoms with Crippen LogP contribution >= 0.6 is 0 Å². The van der Waals surface area contributed by atoms with Crippen molar-refractivity contribution in [3.63, 3.8) is 0 Å². The van der Waals surface area contributed by atoms with Crippen LogP contribution in [-0.2, 0) is 19.1 Å². The van der Waals surface area contributed by atoms with Gasteiger partial charge < -0.3 is 25.2 Å². The van der Waals surface area contributed by atoms with Gasteiger partial charge >= 0.3 is 12.1 Å². The van der Waals surface area contributed by atoms with Gasteiger partial charge in [-0.15, -0.1) is 0 Å². The summed E-state index contributed by atoms with van der Waals surface area (Å²) >= 11 is 0. The van der Waals surface area contributed by atoms with E-state index in [1.54, 1.807) is 0 Å². The fourth-order valence-electron chi connectivity index (χ4n) is 5.93. The average molecular weight is 479 g/mol. The number of aliphatic carboxylic acids is 1. The number of alkyl carbamates (subject to hydrolysis) is 1. The van der Waals surface area contributed by atoms with Crippen LogP contribution in [0.5, 0.6) is 0 Å². The molecule has 184 valence electrons. The van der Waals surface area contributed by atoms with Crippen LogP contribution in [0, 0.1) is 11.3 Å². The number of fused-ring (bicyclic) bond motifs is 4. The number of amides is 2. The van der Waals surface area contributed by atoms with Gasteiger partial charge in [-0.25, -0.2) is 9.59 Å². The summed E-state index contributed by atoms with van der Waals surface area (Å²) in [6.45, 7) is 0.495. The number of hydrogen-bond donors (Lipinski definition) is 3. The molecule has 8 heteroatoms. The van der Waals surface area contributed by atoms with Gasteiger partial charge in [0.25, 0.3) is 0 Å². The van der Waals surface area contributed by atoms with Crippen molar-refractivity contribution in [2.24, 2.45) is 11.3 Å². The predicted octanol–water partition coefficient (Wildman–Crippen LogP) is 3.30. The Morgan fingerprint density at radius 3 is 2.34 bits per heavy atom. The summed E-state index contributed by atoms with van der Waals surface area (Å²) in [5.74, 6) is -0.875. The SMILES string of the molecule is COC(CCNC(=O)[C@@]12C[C@@H](NC(=O)OCC3c4ccccc4-c4ccccc43)C[C@@H]1C2)C(=O)O. The Labute approximate surface area is 204 Å². The Morgan fingerprint density at radius 2 is 1.71 bits per heavy atom. The number of nitrogens with one attached hydrogen (secondary N) is 2. The van der Waals surface area contributed by atoms with Crippen molar-refractivity contribution in [1.82, 2.24) is 10.6 Å². The molecular formula is C27H30N2O6. The normalized spacial score (nSPS) is 24.6. The van der Waals surface area contributed by atoms with Crippen molar-refractivity contribution in [2.45, 2.75) is 43.7 Å². The summed E-state index contributed by atoms with van der Waals surface area (Å²) in [7, 11) is 1.34. The summed E-state index contributed by atoms with van der Waals surface area (Å²) < 4.78 is 10.6. The summed E-state index contributed by atoms with van der Waals surface area (Å²) in [6.07, 6.45) is 0.925. The first-order valence-corrected chi connectivity index (χ1v) is 12.1. The first kappa shape index (κ1) is 23.4. The van der Waals surface area contributed by atoms with Crippen molar-refractivity contribution in [3.8, 4) is 11.1 Å². The molecular weight excluding hydrogens is 448 g/mol. The number of methoxy groups -OCH3 is 1. The van der Waals surface area contributed by atoms with Gasteiger partial charge in [0.15, 0.2) is 6.10 Å². The number of benzene rings is 2. The lowest BCUT2D eigenvalue weighted by Gasteiger charge is -2.19. The van der Waals surface area contributed by atoms with Gasteiger partial charge in [0.1, 0.15) is 6.61 Å². The molecule has 0 aromatic heterocycles. The lowest BCUT2D eigenvalue weighted by molar-refractivity contribution is -0.149. The smallest absolute Gasteiger partial charge is 0.407 e. The van der Waals surface area contributed by atoms with Crippen LogP contribution in [0.1, 0.15) is 42.7 Å². The molecule has 2 saturated carbocycles. The van der Waals surface area contributed by atoms with E-state index in [-0.39, 0.29) is 43.4 Å². The number of ether oxygens (including phenoxy) is 2. The monoisotopic (exact) mass is 478 g/mol. The highest BCUT2D eigenvalue weighted by Crippen LogP contribution is 2.63. The van der Waals surface area contributed by atoms with Crippen LogP contribution < -0.4 is 10.6 Å². The molecule has 0 bridgehead atoms. The summed E-state index contributed by atoms with van der Waals surface area (Å²) in [6, 6.07) is 16.3. The molecule has 0 spiro atoms. The zero-order chi connectivity index (χ0) is 24.6. The van der Waals surface area contributed by atoms with E-state index >= 15 is 0 Å². The van der Waals surface area contributed by atoms with Crippen LogP contribution in [0.15, 0.2) is 48.5 Å². The summed E-state index contributed by atoms with van der Waals surface area (Å²) in [5, 5.41) is 14.9. The largest absolute Gasteiger partial charge is 0.479 e. The Bertz CT molecular complexity index is 1100. The zero-order valence-corrected chi connectivity index (χ0v) is 19.7. The number of hydrogen-bond acceptors (Lipinski definition) is 5. The second kappa shape index (κ2) is 9.34. The number of rotatable bonds is 9. The minimum absolute atomic E-state index is 0.00368. The molecule has 4 atom stereocenters. The first-order valence-electron chi connectivity index (χ1n) is 12.1. The van der Waals surface area contributed by atoms with Crippen LogP contribution in [0.4, 0.5) is 4.79 Å². The predicted molar refractivity (Wildman–Crippen MR) is 128 cm³/mol. The van der Waals surface area contributed by atoms with Crippen molar-refractivity contribution < 1.29 is 29.0 Å². The fraction of sp³-hybridized carbons (Fsp3) is 0.444. The molecule has 2 aromatic rings. The Hall–Kier alpha value is -3.39. The maximum atomic E-state index is 12.8. The maximum absolute atomic E-state index is 12.8. The molecule has 8 nitrogen and oxygen atoms in total. The highest BCUT2D eigenvalue weighted by Gasteiger charge is 2.65. The number of carbonyl (C=O) groups excluding carboxylic acids is 2. The molecule has 2 amide bonds. The van der Waals surface area contributed by atoms with E-state index in [0.29, 0.717) is 6.42 Å². The lowest BCUT2D eigenvalue weighted by atomic mass is 9.98. The average Bonchev–Trinajstić information content (AvgIpc) is 3.28. The van der Waals surface area contributed by atoms with Gasteiger partial charge in [-0.05, 0) is 47.4 Å². The molecule has 0 aliphatic heterocycles. The van der Waals surface area contributed by atoms with Gasteiger partial charge in [-0.2, -0.15) is 0 Å². The minimum atomic E-state index is -1.04. The fourth-order valence-corrected chi connectivity index (χ4v) is 5.93. The van der Waals surface area contributed by atoms with Gasteiger partial charge in [-0.1, -0.05) is 48.5 Å². The van der Waals surface area contributed by atoms with Gasteiger partial charge in [0, 0.05) is 32.0 Å². The van der Waals surface area contributed by atoms with Crippen molar-refractivity contribution in [1.29, 1.82) is 0 Å². The Balaban J connectivity index is 1.12. The zero-order valence-electron chi connectivity index (χ0n) is 19.7. The minimum Gasteiger partial charge on any atom is -0.479 e. The van der Waals surface area contributed by atoms with Crippen LogP contribution in [-0.4, -0.2) is 55.5 Å². The molecule has 3 aliphatic carbocycles. The third-order valence-electron chi connectivity index (χ3n) is 7.78. The van der Waals surface area contributed by atoms with E-state index in [9.17, 15) is 14.4 Å². The first-order chi connectivity index (χ1) is 16.9. The highest BCUT2D eigenvalue weighted by molar-refractivity contribution is 5.87. The van der Waals surface area contributed by atoms with Gasteiger partial charge in [0.2, 0.25) is 5.91 Å². The molecule has 0 heterocycles. The molecule has 1 unspecified atom stereocenters. The van der Waals surface area contributed by atoms with Crippen LogP contribution in [0.25, 0.3) is 11.1 Å². The second-order valence-corrected chi connectivity index (χ2v) is 9.77. The van der Waals surface area contributed by atoms with Crippen molar-refractivity contribution >= 4 is 18.0 Å². The van der Waals surface area contributed by atoms with E-state index in [0.717, 1.165) is 24.0 Å². The third-order valence-corrected chi connectivity index (χ3v) is 7.78. The molecule has 2 fully saturated rings. The molecule has 3 N–H and O–H groups in total. The Morgan fingerprint density at radius 1 is 1.06 bits per heavy atom. The van der Waals surface area contributed by atoms with Gasteiger partial charge in [-0.3, -0.25) is 4.79 Å². The molecule has 0 radical (unpaired) electrons. The second-order valence-electron chi connectivity index (χ2n) is 9.77. The molecule has 3 aliphatic rings. The standard InChI is InChI=1S/C27H30N2O6/c1-34-23(24(30)31)10-11-28-25(32)27-13-16(27)12-17(14-27)29-26(33)35-15-22-20-8-4-2-6-18(20)19-7-3-5-9-21(19)22/h2-9,16-17,22-23H,10-15H2,1H3,(H,28,32)(H,29,33)(H,30,31)/t16-,17+,23?,27+/m1/s1. The van der Waals surface area contributed by atoms with Crippen LogP contribution in [0.3, 0.4) is 0 Å². The maximum Gasteiger partial charge on any atom is 0.407 e. The number of carbonyl (C=O) groups is 3. The molecule has 2 aromatic carbocycles. The number of carboxylic acids is 1. The van der Waals surface area contributed by atoms with E-state index in [2.05, 4.69) is 34.9 Å². The van der Waals surface area contributed by atoms with Gasteiger partial charge in [0.05, 0.1) is 5.41 Å². The van der Waals surface area contributed by atoms with Crippen molar-refractivity contribution in [3.05, 3.63) is 59.7 Å². The number of carboxylic acid groups (broad SMARTS) is 1. The summed E-state index contributed by atoms with van der Waals surface area (Å²) in [5.41, 5.74) is 4.23. The third kappa shape index (κ3) is 4.38. The molecule has 35 heavy (non-hydrogen) atoms. The summed E-state index contributed by atoms with van der Waals surface area (Å²) in [4.78, 5) is 36.4. The molecule has 0 saturated heterocycles. The van der Waals surface area contributed by atoms with E-state index in [1.165, 1.54) is 18.2 Å². The highest BCUT2D eigenvalue weighted by atomic mass is 16.5. The lowest BCUT2D eigenvalue weighted by Crippen LogP contribution is -2.39. The van der Waals surface area contributed by atoms with E-state index in [1.807, 2.05) is 24.3 Å². The van der Waals surface area contributed by atoms with E-state index in [4.69, 9.17) is 14.6 Å². The topological polar surface area (TPSA) is 114 Å².